The first kappa shape index (κ1) is 24.6. The average Bonchev–Trinajstić information content (AvgIpc) is 3.33. The van der Waals surface area contributed by atoms with Crippen LogP contribution in [0.25, 0.3) is 16.9 Å². The van der Waals surface area contributed by atoms with Crippen molar-refractivity contribution in [2.45, 2.75) is 19.6 Å². The van der Waals surface area contributed by atoms with Crippen LogP contribution in [0.1, 0.15) is 15.9 Å². The van der Waals surface area contributed by atoms with Gasteiger partial charge < -0.3 is 25.4 Å². The summed E-state index contributed by atoms with van der Waals surface area (Å²) in [6.45, 7) is 1.55. The summed E-state index contributed by atoms with van der Waals surface area (Å²) in [6, 6.07) is 11.9. The number of aryl methyl sites for hydroxylation is 1. The first-order valence-electron chi connectivity index (χ1n) is 11.8. The number of aromatic nitrogens is 3. The molecule has 0 radical (unpaired) electrons. The van der Waals surface area contributed by atoms with E-state index in [-0.39, 0.29) is 17.7 Å². The second-order valence-electron chi connectivity index (χ2n) is 8.61. The van der Waals surface area contributed by atoms with E-state index in [9.17, 15) is 13.6 Å². The number of carbonyl (C=O) groups excluding carboxylic acids is 1. The number of halogens is 2. The molecule has 1 saturated heterocycles. The minimum absolute atomic E-state index is 0.0868. The monoisotopic (exact) mass is 508 g/mol. The Morgan fingerprint density at radius 3 is 2.81 bits per heavy atom. The van der Waals surface area contributed by atoms with E-state index in [0.717, 1.165) is 29.1 Å². The molecule has 0 bridgehead atoms. The molecule has 3 heterocycles. The number of benzene rings is 2. The number of anilines is 2. The van der Waals surface area contributed by atoms with Crippen LogP contribution in [-0.2, 0) is 4.74 Å². The molecule has 2 aromatic heterocycles. The predicted molar refractivity (Wildman–Crippen MR) is 134 cm³/mol. The Bertz CT molecular complexity index is 1390. The third-order valence-corrected chi connectivity index (χ3v) is 6.04. The van der Waals surface area contributed by atoms with Crippen molar-refractivity contribution in [2.24, 2.45) is 0 Å². The number of rotatable bonds is 8. The van der Waals surface area contributed by atoms with Crippen LogP contribution >= 0.6 is 0 Å². The van der Waals surface area contributed by atoms with Gasteiger partial charge in [0.05, 0.1) is 25.1 Å². The molecule has 1 fully saturated rings. The van der Waals surface area contributed by atoms with Crippen LogP contribution in [0.15, 0.2) is 61.1 Å². The maximum Gasteiger partial charge on any atom is 0.387 e. The summed E-state index contributed by atoms with van der Waals surface area (Å²) in [5.74, 6) is 0.481. The van der Waals surface area contributed by atoms with Gasteiger partial charge in [-0.25, -0.2) is 9.97 Å². The van der Waals surface area contributed by atoms with E-state index in [2.05, 4.69) is 30.7 Å². The van der Waals surface area contributed by atoms with Crippen molar-refractivity contribution in [3.05, 3.63) is 72.2 Å². The Hall–Kier alpha value is -4.09. The van der Waals surface area contributed by atoms with Gasteiger partial charge in [-0.3, -0.25) is 9.20 Å². The van der Waals surface area contributed by atoms with Crippen molar-refractivity contribution < 1.29 is 23.0 Å². The fourth-order valence-electron chi connectivity index (χ4n) is 4.22. The number of nitrogens with zero attached hydrogens (tertiary/aromatic N) is 3. The first-order valence-corrected chi connectivity index (χ1v) is 11.8. The quantitative estimate of drug-likeness (QED) is 0.333. The van der Waals surface area contributed by atoms with Gasteiger partial charge in [-0.2, -0.15) is 8.78 Å². The second kappa shape index (κ2) is 10.9. The number of morpholine rings is 1. The lowest BCUT2D eigenvalue weighted by Crippen LogP contribution is -2.48. The van der Waals surface area contributed by atoms with Crippen molar-refractivity contribution in [2.75, 3.05) is 31.6 Å². The molecule has 4 aromatic rings. The Kier molecular flexibility index (Phi) is 7.24. The van der Waals surface area contributed by atoms with Crippen LogP contribution in [0, 0.1) is 6.92 Å². The number of carbonyl (C=O) groups is 1. The lowest BCUT2D eigenvalue weighted by Gasteiger charge is -2.24. The Labute approximate surface area is 211 Å². The molecule has 0 spiro atoms. The van der Waals surface area contributed by atoms with E-state index in [4.69, 9.17) is 4.74 Å². The Morgan fingerprint density at radius 1 is 1.24 bits per heavy atom. The van der Waals surface area contributed by atoms with Crippen molar-refractivity contribution in [3.8, 4) is 17.0 Å². The molecule has 1 amide bonds. The fourth-order valence-corrected chi connectivity index (χ4v) is 4.22. The topological polar surface area (TPSA) is 102 Å². The van der Waals surface area contributed by atoms with E-state index in [1.54, 1.807) is 36.8 Å². The van der Waals surface area contributed by atoms with Crippen LogP contribution in [0.3, 0.4) is 0 Å². The van der Waals surface area contributed by atoms with Gasteiger partial charge in [-0.1, -0.05) is 0 Å². The molecule has 11 heteroatoms. The SMILES string of the molecule is Cc1cc(Nc2nccn3c(-c4ccc(OC(F)F)cc4)cnc23)ccc1C(=O)NCC1COCCN1. The zero-order chi connectivity index (χ0) is 25.8. The number of hydrogen-bond acceptors (Lipinski definition) is 7. The highest BCUT2D eigenvalue weighted by Crippen LogP contribution is 2.27. The molecular weight excluding hydrogens is 482 g/mol. The highest BCUT2D eigenvalue weighted by Gasteiger charge is 2.16. The Balaban J connectivity index is 1.30. The van der Waals surface area contributed by atoms with Gasteiger partial charge >= 0.3 is 6.61 Å². The molecular formula is C26H26F2N6O3. The first-order chi connectivity index (χ1) is 18.0. The van der Waals surface area contributed by atoms with E-state index >= 15 is 0 Å². The summed E-state index contributed by atoms with van der Waals surface area (Å²) in [7, 11) is 0. The van der Waals surface area contributed by atoms with Crippen molar-refractivity contribution in [3.63, 3.8) is 0 Å². The second-order valence-corrected chi connectivity index (χ2v) is 8.61. The molecule has 3 N–H and O–H groups in total. The smallest absolute Gasteiger partial charge is 0.387 e. The minimum Gasteiger partial charge on any atom is -0.435 e. The number of nitrogens with one attached hydrogen (secondary N) is 3. The van der Waals surface area contributed by atoms with E-state index in [1.165, 1.54) is 12.1 Å². The maximum absolute atomic E-state index is 12.7. The highest BCUT2D eigenvalue weighted by molar-refractivity contribution is 5.96. The molecule has 9 nitrogen and oxygen atoms in total. The number of ether oxygens (including phenoxy) is 2. The summed E-state index contributed by atoms with van der Waals surface area (Å²) in [6.07, 6.45) is 5.11. The lowest BCUT2D eigenvalue weighted by molar-refractivity contribution is -0.0498. The van der Waals surface area contributed by atoms with E-state index in [0.29, 0.717) is 36.8 Å². The largest absolute Gasteiger partial charge is 0.435 e. The van der Waals surface area contributed by atoms with E-state index in [1.807, 2.05) is 23.5 Å². The normalized spacial score (nSPS) is 15.6. The van der Waals surface area contributed by atoms with Gasteiger partial charge in [-0.05, 0) is 55.0 Å². The van der Waals surface area contributed by atoms with Gasteiger partial charge in [0.2, 0.25) is 0 Å². The number of alkyl halides is 2. The maximum atomic E-state index is 12.7. The standard InChI is InChI=1S/C26H26F2N6O3/c1-16-12-18(4-7-21(16)25(35)32-13-19-15-36-11-9-29-19)33-23-24-31-14-22(34(24)10-8-30-23)17-2-5-20(6-3-17)37-26(27)28/h2-8,10,12,14,19,26,29H,9,11,13,15H2,1H3,(H,30,33)(H,32,35). The molecule has 0 saturated carbocycles. The fraction of sp³-hybridized carbons (Fsp3) is 0.269. The summed E-state index contributed by atoms with van der Waals surface area (Å²) >= 11 is 0. The van der Waals surface area contributed by atoms with Gasteiger partial charge in [0, 0.05) is 48.3 Å². The average molecular weight is 509 g/mol. The van der Waals surface area contributed by atoms with Crippen LogP contribution in [0.2, 0.25) is 0 Å². The zero-order valence-electron chi connectivity index (χ0n) is 20.1. The van der Waals surface area contributed by atoms with Crippen molar-refractivity contribution >= 4 is 23.1 Å². The summed E-state index contributed by atoms with van der Waals surface area (Å²) < 4.78 is 36.6. The van der Waals surface area contributed by atoms with Gasteiger partial charge in [0.15, 0.2) is 11.5 Å². The number of amides is 1. The van der Waals surface area contributed by atoms with Crippen molar-refractivity contribution in [1.82, 2.24) is 25.0 Å². The Morgan fingerprint density at radius 2 is 2.08 bits per heavy atom. The molecule has 0 aliphatic carbocycles. The van der Waals surface area contributed by atoms with Crippen LogP contribution < -0.4 is 20.7 Å². The number of fused-ring (bicyclic) bond motifs is 1. The van der Waals surface area contributed by atoms with E-state index < -0.39 is 6.61 Å². The molecule has 5 rings (SSSR count). The van der Waals surface area contributed by atoms with Gasteiger partial charge in [0.1, 0.15) is 5.75 Å². The summed E-state index contributed by atoms with van der Waals surface area (Å²) in [4.78, 5) is 21.6. The third-order valence-electron chi connectivity index (χ3n) is 6.04. The van der Waals surface area contributed by atoms with Gasteiger partial charge in [-0.15, -0.1) is 0 Å². The molecule has 1 unspecified atom stereocenters. The highest BCUT2D eigenvalue weighted by atomic mass is 19.3. The molecule has 192 valence electrons. The van der Waals surface area contributed by atoms with Crippen molar-refractivity contribution in [1.29, 1.82) is 0 Å². The number of hydrogen-bond donors (Lipinski definition) is 3. The molecule has 1 aliphatic heterocycles. The zero-order valence-corrected chi connectivity index (χ0v) is 20.1. The third kappa shape index (κ3) is 5.68. The lowest BCUT2D eigenvalue weighted by atomic mass is 10.1. The molecule has 1 aliphatic rings. The van der Waals surface area contributed by atoms with Gasteiger partial charge in [0.25, 0.3) is 5.91 Å². The summed E-state index contributed by atoms with van der Waals surface area (Å²) in [5, 5.41) is 9.55. The molecule has 1 atom stereocenters. The van der Waals surface area contributed by atoms with Crippen LogP contribution in [-0.4, -0.2) is 59.2 Å². The molecule has 37 heavy (non-hydrogen) atoms. The summed E-state index contributed by atoms with van der Waals surface area (Å²) in [5.41, 5.74) is 4.31. The van der Waals surface area contributed by atoms with Crippen LogP contribution in [0.4, 0.5) is 20.3 Å². The predicted octanol–water partition coefficient (Wildman–Crippen LogP) is 3.77. The molecule has 2 aromatic carbocycles. The number of imidazole rings is 1. The minimum atomic E-state index is -2.87. The van der Waals surface area contributed by atoms with Crippen LogP contribution in [0.5, 0.6) is 5.75 Å².